The molecule has 0 saturated carbocycles. The number of alkyl halides is 3. The number of nitrogen functional groups attached to an aromatic ring is 1. The smallest absolute Gasteiger partial charge is 0.406 e. The second-order valence-corrected chi connectivity index (χ2v) is 5.49. The molecule has 5 N–H and O–H groups in total. The van der Waals surface area contributed by atoms with Crippen LogP contribution in [0.1, 0.15) is 15.9 Å². The Balaban J connectivity index is 1.85. The highest BCUT2D eigenvalue weighted by Crippen LogP contribution is 2.22. The lowest BCUT2D eigenvalue weighted by Gasteiger charge is -2.17. The number of carbonyl (C=O) groups is 2. The van der Waals surface area contributed by atoms with Crippen molar-refractivity contribution in [1.29, 1.82) is 0 Å². The van der Waals surface area contributed by atoms with Crippen molar-refractivity contribution in [2.75, 3.05) is 12.3 Å². The zero-order chi connectivity index (χ0) is 20.0. The maximum Gasteiger partial charge on any atom is 0.573 e. The summed E-state index contributed by atoms with van der Waals surface area (Å²) in [5, 5.41) is 3.23. The molecule has 0 aromatic heterocycles. The second-order valence-electron chi connectivity index (χ2n) is 5.49. The Kier molecular flexibility index (Phi) is 6.24. The molecule has 0 heterocycles. The van der Waals surface area contributed by atoms with Gasteiger partial charge in [0, 0.05) is 12.2 Å². The van der Waals surface area contributed by atoms with E-state index in [2.05, 4.69) is 10.1 Å². The van der Waals surface area contributed by atoms with Gasteiger partial charge in [0.15, 0.2) is 0 Å². The molecule has 0 aliphatic carbocycles. The standard InChI is InChI=1S/C17H17F3N4O3/c18-17(19,20)27-12-7-5-11(6-8-12)9-23-15(25)10-24(22)16(26)13-3-1-2-4-14(13)21/h1-8H,9-10,21-22H2,(H,23,25). The number of rotatable bonds is 6. The molecule has 144 valence electrons. The maximum atomic E-state index is 12.2. The monoisotopic (exact) mass is 382 g/mol. The zero-order valence-electron chi connectivity index (χ0n) is 14.0. The summed E-state index contributed by atoms with van der Waals surface area (Å²) in [6.45, 7) is -0.372. The Morgan fingerprint density at radius 2 is 1.70 bits per heavy atom. The van der Waals surface area contributed by atoms with E-state index in [1.807, 2.05) is 0 Å². The zero-order valence-corrected chi connectivity index (χ0v) is 14.0. The van der Waals surface area contributed by atoms with E-state index in [0.29, 0.717) is 5.56 Å². The number of hydrogen-bond acceptors (Lipinski definition) is 5. The van der Waals surface area contributed by atoms with Gasteiger partial charge in [-0.3, -0.25) is 14.6 Å². The van der Waals surface area contributed by atoms with Crippen LogP contribution in [0, 0.1) is 0 Å². The Bertz CT molecular complexity index is 810. The normalized spacial score (nSPS) is 11.0. The molecule has 0 unspecified atom stereocenters. The van der Waals surface area contributed by atoms with E-state index in [0.717, 1.165) is 17.1 Å². The molecule has 2 rings (SSSR count). The molecule has 0 aliphatic heterocycles. The van der Waals surface area contributed by atoms with E-state index < -0.39 is 24.7 Å². The highest BCUT2D eigenvalue weighted by atomic mass is 19.4. The van der Waals surface area contributed by atoms with Gasteiger partial charge >= 0.3 is 6.36 Å². The molecule has 0 fully saturated rings. The molecule has 0 saturated heterocycles. The second kappa shape index (κ2) is 8.41. The highest BCUT2D eigenvalue weighted by Gasteiger charge is 2.30. The summed E-state index contributed by atoms with van der Waals surface area (Å²) in [5.74, 6) is 4.09. The number of nitrogens with two attached hydrogens (primary N) is 2. The first kappa shape index (κ1) is 20.0. The minimum atomic E-state index is -4.77. The Hall–Kier alpha value is -3.27. The average molecular weight is 382 g/mol. The number of halogens is 3. The van der Waals surface area contributed by atoms with Crippen LogP contribution < -0.4 is 21.6 Å². The molecule has 0 aliphatic rings. The first-order valence-corrected chi connectivity index (χ1v) is 7.68. The van der Waals surface area contributed by atoms with Gasteiger partial charge in [-0.05, 0) is 29.8 Å². The summed E-state index contributed by atoms with van der Waals surface area (Å²) in [6.07, 6.45) is -4.77. The fraction of sp³-hybridized carbons (Fsp3) is 0.176. The third-order valence-corrected chi connectivity index (χ3v) is 3.41. The Labute approximate surface area is 152 Å². The summed E-state index contributed by atoms with van der Waals surface area (Å²) >= 11 is 0. The van der Waals surface area contributed by atoms with Crippen molar-refractivity contribution in [3.8, 4) is 5.75 Å². The quantitative estimate of drug-likeness (QED) is 0.305. The molecule has 2 aromatic carbocycles. The number of ether oxygens (including phenoxy) is 1. The van der Waals surface area contributed by atoms with E-state index in [1.54, 1.807) is 12.1 Å². The van der Waals surface area contributed by atoms with Crippen LogP contribution in [0.3, 0.4) is 0 Å². The highest BCUT2D eigenvalue weighted by molar-refractivity contribution is 6.00. The molecule has 10 heteroatoms. The number of benzene rings is 2. The number of hydrazine groups is 1. The summed E-state index contributed by atoms with van der Waals surface area (Å²) in [5.41, 5.74) is 6.64. The molecule has 0 spiro atoms. The van der Waals surface area contributed by atoms with Crippen molar-refractivity contribution in [1.82, 2.24) is 10.3 Å². The van der Waals surface area contributed by atoms with E-state index in [-0.39, 0.29) is 23.5 Å². The van der Waals surface area contributed by atoms with Crippen LogP contribution in [0.15, 0.2) is 48.5 Å². The van der Waals surface area contributed by atoms with Gasteiger partial charge in [-0.15, -0.1) is 13.2 Å². The number of carbonyl (C=O) groups excluding carboxylic acids is 2. The van der Waals surface area contributed by atoms with Crippen LogP contribution in [0.25, 0.3) is 0 Å². The van der Waals surface area contributed by atoms with E-state index >= 15 is 0 Å². The third kappa shape index (κ3) is 6.19. The van der Waals surface area contributed by atoms with Crippen LogP contribution >= 0.6 is 0 Å². The number of amides is 2. The third-order valence-electron chi connectivity index (χ3n) is 3.41. The van der Waals surface area contributed by atoms with E-state index in [1.165, 1.54) is 24.3 Å². The summed E-state index contributed by atoms with van der Waals surface area (Å²) in [4.78, 5) is 24.1. The topological polar surface area (TPSA) is 111 Å². The predicted octanol–water partition coefficient (Wildman–Crippen LogP) is 1.80. The van der Waals surface area contributed by atoms with Gasteiger partial charge in [0.25, 0.3) is 5.91 Å². The van der Waals surface area contributed by atoms with Gasteiger partial charge in [-0.1, -0.05) is 24.3 Å². The number of nitrogens with zero attached hydrogens (tertiary/aromatic N) is 1. The molecular weight excluding hydrogens is 365 g/mol. The maximum absolute atomic E-state index is 12.2. The van der Waals surface area contributed by atoms with Crippen molar-refractivity contribution in [2.45, 2.75) is 12.9 Å². The van der Waals surface area contributed by atoms with Gasteiger partial charge in [-0.2, -0.15) is 0 Å². The summed E-state index contributed by atoms with van der Waals surface area (Å²) < 4.78 is 40.1. The number of para-hydroxylation sites is 1. The van der Waals surface area contributed by atoms with Crippen LogP contribution in [0.2, 0.25) is 0 Å². The molecular formula is C17H17F3N4O3. The van der Waals surface area contributed by atoms with Crippen LogP contribution in [-0.2, 0) is 11.3 Å². The van der Waals surface area contributed by atoms with Crippen molar-refractivity contribution < 1.29 is 27.5 Å². The molecule has 0 bridgehead atoms. The SMILES string of the molecule is Nc1ccccc1C(=O)N(N)CC(=O)NCc1ccc(OC(F)(F)F)cc1. The van der Waals surface area contributed by atoms with Crippen molar-refractivity contribution in [3.05, 3.63) is 59.7 Å². The van der Waals surface area contributed by atoms with Gasteiger partial charge in [0.05, 0.1) is 5.56 Å². The number of anilines is 1. The summed E-state index contributed by atoms with van der Waals surface area (Å²) in [6, 6.07) is 11.3. The van der Waals surface area contributed by atoms with Crippen molar-refractivity contribution in [3.63, 3.8) is 0 Å². The van der Waals surface area contributed by atoms with Gasteiger partial charge < -0.3 is 15.8 Å². The molecule has 2 aromatic rings. The first-order chi connectivity index (χ1) is 12.7. The number of hydrogen-bond donors (Lipinski definition) is 3. The largest absolute Gasteiger partial charge is 0.573 e. The van der Waals surface area contributed by atoms with Gasteiger partial charge in [0.2, 0.25) is 5.91 Å². The lowest BCUT2D eigenvalue weighted by Crippen LogP contribution is -2.44. The molecule has 2 amide bonds. The van der Waals surface area contributed by atoms with Crippen LogP contribution in [-0.4, -0.2) is 29.7 Å². The van der Waals surface area contributed by atoms with Crippen LogP contribution in [0.4, 0.5) is 18.9 Å². The predicted molar refractivity (Wildman–Crippen MR) is 91.1 cm³/mol. The minimum absolute atomic E-state index is 0.0423. The molecule has 7 nitrogen and oxygen atoms in total. The Morgan fingerprint density at radius 1 is 1.07 bits per heavy atom. The van der Waals surface area contributed by atoms with Crippen LogP contribution in [0.5, 0.6) is 5.75 Å². The molecule has 0 radical (unpaired) electrons. The number of nitrogens with one attached hydrogen (secondary N) is 1. The van der Waals surface area contributed by atoms with Crippen molar-refractivity contribution in [2.24, 2.45) is 5.84 Å². The average Bonchev–Trinajstić information content (AvgIpc) is 2.59. The molecule has 27 heavy (non-hydrogen) atoms. The fourth-order valence-electron chi connectivity index (χ4n) is 2.14. The van der Waals surface area contributed by atoms with Gasteiger partial charge in [0.1, 0.15) is 12.3 Å². The fourth-order valence-corrected chi connectivity index (χ4v) is 2.14. The van der Waals surface area contributed by atoms with E-state index in [9.17, 15) is 22.8 Å². The first-order valence-electron chi connectivity index (χ1n) is 7.68. The Morgan fingerprint density at radius 3 is 2.30 bits per heavy atom. The summed E-state index contributed by atoms with van der Waals surface area (Å²) in [7, 11) is 0. The minimum Gasteiger partial charge on any atom is -0.406 e. The van der Waals surface area contributed by atoms with E-state index in [4.69, 9.17) is 11.6 Å². The lowest BCUT2D eigenvalue weighted by atomic mass is 10.1. The van der Waals surface area contributed by atoms with Crippen molar-refractivity contribution >= 4 is 17.5 Å². The lowest BCUT2D eigenvalue weighted by molar-refractivity contribution is -0.274. The van der Waals surface area contributed by atoms with Gasteiger partial charge in [-0.25, -0.2) is 5.84 Å². The molecule has 0 atom stereocenters.